The van der Waals surface area contributed by atoms with Gasteiger partial charge in [0, 0.05) is 24.7 Å². The molecule has 0 fully saturated rings. The van der Waals surface area contributed by atoms with Gasteiger partial charge in [-0.25, -0.2) is 4.79 Å². The summed E-state index contributed by atoms with van der Waals surface area (Å²) in [5.74, 6) is -0.968. The van der Waals surface area contributed by atoms with Crippen molar-refractivity contribution in [3.8, 4) is 0 Å². The molecular formula is C7H8N2O2. The van der Waals surface area contributed by atoms with E-state index in [-0.39, 0.29) is 0 Å². The fourth-order valence-corrected chi connectivity index (χ4v) is 0.615. The van der Waals surface area contributed by atoms with Crippen molar-refractivity contribution in [3.63, 3.8) is 0 Å². The molecule has 1 aromatic rings. The Morgan fingerprint density at radius 3 is 2.64 bits per heavy atom. The SMILES string of the molecule is O=C(O)/C=C/Nn1cccc1. The Bertz CT molecular complexity index is 251. The molecule has 1 aromatic heterocycles. The first-order valence-electron chi connectivity index (χ1n) is 3.08. The molecule has 0 saturated heterocycles. The number of hydrogen-bond donors (Lipinski definition) is 2. The van der Waals surface area contributed by atoms with Crippen LogP contribution in [0.15, 0.2) is 36.8 Å². The number of carbonyl (C=O) groups is 1. The molecule has 0 spiro atoms. The van der Waals surface area contributed by atoms with Gasteiger partial charge in [0.25, 0.3) is 0 Å². The fourth-order valence-electron chi connectivity index (χ4n) is 0.615. The molecule has 0 saturated carbocycles. The van der Waals surface area contributed by atoms with Crippen LogP contribution in [0.4, 0.5) is 0 Å². The van der Waals surface area contributed by atoms with Gasteiger partial charge in [0.2, 0.25) is 0 Å². The number of nitrogens with one attached hydrogen (secondary N) is 1. The highest BCUT2D eigenvalue weighted by Gasteiger charge is 1.83. The number of hydrogen-bond acceptors (Lipinski definition) is 2. The van der Waals surface area contributed by atoms with E-state index in [9.17, 15) is 4.79 Å². The van der Waals surface area contributed by atoms with Gasteiger partial charge in [-0.1, -0.05) is 0 Å². The zero-order chi connectivity index (χ0) is 8.10. The zero-order valence-electron chi connectivity index (χ0n) is 5.77. The summed E-state index contributed by atoms with van der Waals surface area (Å²) in [6, 6.07) is 3.67. The molecule has 4 nitrogen and oxygen atoms in total. The third kappa shape index (κ3) is 2.57. The van der Waals surface area contributed by atoms with Crippen LogP contribution in [0.1, 0.15) is 0 Å². The predicted octanol–water partition coefficient (Wildman–Crippen LogP) is 0.630. The molecule has 0 bridgehead atoms. The number of rotatable bonds is 3. The summed E-state index contributed by atoms with van der Waals surface area (Å²) in [6.07, 6.45) is 5.92. The number of carboxylic acid groups (broad SMARTS) is 1. The Kier molecular flexibility index (Phi) is 2.32. The number of carboxylic acids is 1. The number of aromatic nitrogens is 1. The van der Waals surface area contributed by atoms with E-state index < -0.39 is 5.97 Å². The average Bonchev–Trinajstić information content (AvgIpc) is 2.39. The highest BCUT2D eigenvalue weighted by Crippen LogP contribution is 1.84. The summed E-state index contributed by atoms with van der Waals surface area (Å²) >= 11 is 0. The third-order valence-electron chi connectivity index (χ3n) is 1.05. The highest BCUT2D eigenvalue weighted by molar-refractivity contribution is 5.79. The first-order chi connectivity index (χ1) is 5.29. The van der Waals surface area contributed by atoms with Gasteiger partial charge in [-0.15, -0.1) is 0 Å². The zero-order valence-corrected chi connectivity index (χ0v) is 5.77. The van der Waals surface area contributed by atoms with Crippen LogP contribution in [-0.2, 0) is 4.79 Å². The lowest BCUT2D eigenvalue weighted by molar-refractivity contribution is -0.131. The normalized spacial score (nSPS) is 10.2. The van der Waals surface area contributed by atoms with Gasteiger partial charge in [0.15, 0.2) is 0 Å². The minimum Gasteiger partial charge on any atom is -0.478 e. The Labute approximate surface area is 63.7 Å². The number of aliphatic carboxylic acids is 1. The topological polar surface area (TPSA) is 54.3 Å². The van der Waals surface area contributed by atoms with Crippen LogP contribution in [0, 0.1) is 0 Å². The highest BCUT2D eigenvalue weighted by atomic mass is 16.4. The molecule has 0 amide bonds. The second kappa shape index (κ2) is 3.46. The molecule has 0 aliphatic heterocycles. The molecule has 0 atom stereocenters. The van der Waals surface area contributed by atoms with Gasteiger partial charge in [0.1, 0.15) is 0 Å². The molecule has 58 valence electrons. The first kappa shape index (κ1) is 7.40. The molecule has 1 heterocycles. The van der Waals surface area contributed by atoms with Gasteiger partial charge in [-0.2, -0.15) is 0 Å². The molecule has 0 unspecified atom stereocenters. The van der Waals surface area contributed by atoms with Gasteiger partial charge in [-0.3, -0.25) is 4.68 Å². The van der Waals surface area contributed by atoms with Gasteiger partial charge in [0.05, 0.1) is 0 Å². The summed E-state index contributed by atoms with van der Waals surface area (Å²) < 4.78 is 1.64. The Morgan fingerprint density at radius 1 is 1.45 bits per heavy atom. The van der Waals surface area contributed by atoms with Crippen LogP contribution in [0.3, 0.4) is 0 Å². The van der Waals surface area contributed by atoms with Crippen molar-refractivity contribution >= 4 is 5.97 Å². The van der Waals surface area contributed by atoms with E-state index >= 15 is 0 Å². The number of nitrogens with zero attached hydrogens (tertiary/aromatic N) is 1. The van der Waals surface area contributed by atoms with Gasteiger partial charge in [-0.05, 0) is 12.1 Å². The smallest absolute Gasteiger partial charge is 0.329 e. The minimum atomic E-state index is -0.968. The molecule has 1 rings (SSSR count). The Morgan fingerprint density at radius 2 is 2.09 bits per heavy atom. The van der Waals surface area contributed by atoms with Crippen molar-refractivity contribution in [2.24, 2.45) is 0 Å². The average molecular weight is 152 g/mol. The summed E-state index contributed by atoms with van der Waals surface area (Å²) in [5, 5.41) is 8.21. The molecule has 0 aliphatic rings. The van der Waals surface area contributed by atoms with E-state index in [1.807, 2.05) is 12.1 Å². The monoisotopic (exact) mass is 152 g/mol. The van der Waals surface area contributed by atoms with Crippen molar-refractivity contribution in [1.29, 1.82) is 0 Å². The van der Waals surface area contributed by atoms with E-state index in [0.717, 1.165) is 6.08 Å². The maximum atomic E-state index is 9.99. The fraction of sp³-hybridized carbons (Fsp3) is 0. The molecular weight excluding hydrogens is 144 g/mol. The molecule has 0 aromatic carbocycles. The minimum absolute atomic E-state index is 0.968. The van der Waals surface area contributed by atoms with Crippen molar-refractivity contribution in [2.75, 3.05) is 5.43 Å². The van der Waals surface area contributed by atoms with Crippen LogP contribution in [0.5, 0.6) is 0 Å². The van der Waals surface area contributed by atoms with E-state index in [1.165, 1.54) is 6.20 Å². The lowest BCUT2D eigenvalue weighted by Crippen LogP contribution is -2.04. The second-order valence-corrected chi connectivity index (χ2v) is 1.89. The third-order valence-corrected chi connectivity index (χ3v) is 1.05. The maximum absolute atomic E-state index is 9.99. The summed E-state index contributed by atoms with van der Waals surface area (Å²) in [7, 11) is 0. The van der Waals surface area contributed by atoms with E-state index in [1.54, 1.807) is 17.1 Å². The van der Waals surface area contributed by atoms with Crippen LogP contribution >= 0.6 is 0 Å². The molecule has 4 heteroatoms. The Balaban J connectivity index is 2.40. The summed E-state index contributed by atoms with van der Waals surface area (Å²) in [4.78, 5) is 9.99. The van der Waals surface area contributed by atoms with Crippen LogP contribution in [0.2, 0.25) is 0 Å². The van der Waals surface area contributed by atoms with E-state index in [0.29, 0.717) is 0 Å². The van der Waals surface area contributed by atoms with Gasteiger partial charge >= 0.3 is 5.97 Å². The lowest BCUT2D eigenvalue weighted by Gasteiger charge is -1.98. The molecule has 2 N–H and O–H groups in total. The van der Waals surface area contributed by atoms with E-state index in [2.05, 4.69) is 5.43 Å². The molecule has 0 aliphatic carbocycles. The van der Waals surface area contributed by atoms with Crippen molar-refractivity contribution in [3.05, 3.63) is 36.8 Å². The second-order valence-electron chi connectivity index (χ2n) is 1.89. The van der Waals surface area contributed by atoms with Crippen LogP contribution in [0.25, 0.3) is 0 Å². The van der Waals surface area contributed by atoms with E-state index in [4.69, 9.17) is 5.11 Å². The first-order valence-corrected chi connectivity index (χ1v) is 3.08. The summed E-state index contributed by atoms with van der Waals surface area (Å²) in [5.41, 5.74) is 2.71. The quantitative estimate of drug-likeness (QED) is 0.624. The summed E-state index contributed by atoms with van der Waals surface area (Å²) in [6.45, 7) is 0. The lowest BCUT2D eigenvalue weighted by atomic mass is 10.6. The van der Waals surface area contributed by atoms with Crippen molar-refractivity contribution in [1.82, 2.24) is 4.68 Å². The standard InChI is InChI=1S/C7H8N2O2/c10-7(11)3-4-8-9-5-1-2-6-9/h1-6,8H,(H,10,11)/b4-3+. The predicted molar refractivity (Wildman–Crippen MR) is 40.6 cm³/mol. The molecule has 0 radical (unpaired) electrons. The van der Waals surface area contributed by atoms with Crippen molar-refractivity contribution < 1.29 is 9.90 Å². The maximum Gasteiger partial charge on any atom is 0.329 e. The van der Waals surface area contributed by atoms with Crippen LogP contribution in [-0.4, -0.2) is 15.8 Å². The van der Waals surface area contributed by atoms with Crippen molar-refractivity contribution in [2.45, 2.75) is 0 Å². The van der Waals surface area contributed by atoms with Gasteiger partial charge < -0.3 is 10.5 Å². The Hall–Kier alpha value is -1.71. The largest absolute Gasteiger partial charge is 0.478 e. The van der Waals surface area contributed by atoms with Crippen LogP contribution < -0.4 is 5.43 Å². The molecule has 11 heavy (non-hydrogen) atoms.